The lowest BCUT2D eigenvalue weighted by atomic mass is 10.5. The van der Waals surface area contributed by atoms with E-state index in [4.69, 9.17) is 5.73 Å². The highest BCUT2D eigenvalue weighted by Crippen LogP contribution is 2.27. The highest BCUT2D eigenvalue weighted by Gasteiger charge is 2.04. The fraction of sp³-hybridized carbons (Fsp3) is 0.250. The maximum atomic E-state index is 5.43. The van der Waals surface area contributed by atoms with Crippen molar-refractivity contribution in [1.29, 1.82) is 0 Å². The predicted octanol–water partition coefficient (Wildman–Crippen LogP) is 1.25. The minimum absolute atomic E-state index is 0.413. The van der Waals surface area contributed by atoms with E-state index < -0.39 is 0 Å². The van der Waals surface area contributed by atoms with Gasteiger partial charge in [-0.2, -0.15) is 0 Å². The monoisotopic (exact) mass is 239 g/mol. The van der Waals surface area contributed by atoms with Crippen molar-refractivity contribution >= 4 is 23.1 Å². The molecule has 2 aromatic heterocycles. The highest BCUT2D eigenvalue weighted by atomic mass is 32.2. The summed E-state index contributed by atoms with van der Waals surface area (Å²) in [5.74, 6) is 0. The lowest BCUT2D eigenvalue weighted by Gasteiger charge is -1.97. The average Bonchev–Trinajstić information content (AvgIpc) is 2.65. The molecule has 0 aliphatic heterocycles. The summed E-state index contributed by atoms with van der Waals surface area (Å²) in [6.45, 7) is 2.33. The fourth-order valence-corrected chi connectivity index (χ4v) is 2.58. The maximum absolute atomic E-state index is 5.43. The zero-order valence-electron chi connectivity index (χ0n) is 8.04. The molecular formula is C8H9N5S2. The molecule has 0 fully saturated rings. The third-order valence-electron chi connectivity index (χ3n) is 1.59. The Bertz CT molecular complexity index is 439. The Morgan fingerprint density at radius 2 is 2.20 bits per heavy atom. The van der Waals surface area contributed by atoms with Gasteiger partial charge < -0.3 is 5.73 Å². The smallest absolute Gasteiger partial charge is 0.180 e. The van der Waals surface area contributed by atoms with Crippen molar-refractivity contribution in [2.45, 2.75) is 22.8 Å². The number of nitrogens with two attached hydrogens (primary N) is 1. The van der Waals surface area contributed by atoms with Crippen LogP contribution in [0.1, 0.15) is 10.7 Å². The van der Waals surface area contributed by atoms with Crippen LogP contribution < -0.4 is 5.73 Å². The van der Waals surface area contributed by atoms with Crippen LogP contribution in [0, 0.1) is 6.92 Å². The first-order valence-electron chi connectivity index (χ1n) is 4.27. The Morgan fingerprint density at radius 3 is 2.73 bits per heavy atom. The number of rotatable bonds is 3. The number of hydrogen-bond acceptors (Lipinski definition) is 7. The molecule has 0 radical (unpaired) electrons. The average molecular weight is 239 g/mol. The van der Waals surface area contributed by atoms with Crippen molar-refractivity contribution in [1.82, 2.24) is 20.2 Å². The Hall–Kier alpha value is -1.05. The number of nitrogens with zero attached hydrogens (tertiary/aromatic N) is 4. The summed E-state index contributed by atoms with van der Waals surface area (Å²) < 4.78 is 0.877. The molecule has 7 heteroatoms. The lowest BCUT2D eigenvalue weighted by Crippen LogP contribution is -1.99. The molecule has 0 saturated heterocycles. The van der Waals surface area contributed by atoms with E-state index in [0.29, 0.717) is 6.54 Å². The molecule has 0 bridgehead atoms. The summed E-state index contributed by atoms with van der Waals surface area (Å²) >= 11 is 3.00. The van der Waals surface area contributed by atoms with Gasteiger partial charge in [0, 0.05) is 6.54 Å². The molecule has 0 unspecified atom stereocenters. The van der Waals surface area contributed by atoms with Crippen molar-refractivity contribution in [3.05, 3.63) is 23.1 Å². The SMILES string of the molecule is Cc1nnc(Sc2cnc(CN)cn2)s1. The first-order valence-corrected chi connectivity index (χ1v) is 5.90. The second kappa shape index (κ2) is 4.65. The van der Waals surface area contributed by atoms with Gasteiger partial charge in [0.1, 0.15) is 10.0 Å². The van der Waals surface area contributed by atoms with Gasteiger partial charge in [0.2, 0.25) is 0 Å². The van der Waals surface area contributed by atoms with Crippen molar-refractivity contribution in [3.8, 4) is 0 Å². The summed E-state index contributed by atoms with van der Waals surface area (Å²) in [4.78, 5) is 8.36. The second-order valence-corrected chi connectivity index (χ2v) is 5.19. The van der Waals surface area contributed by atoms with Gasteiger partial charge in [-0.3, -0.25) is 4.98 Å². The van der Waals surface area contributed by atoms with Crippen LogP contribution in [0.5, 0.6) is 0 Å². The van der Waals surface area contributed by atoms with Gasteiger partial charge >= 0.3 is 0 Å². The van der Waals surface area contributed by atoms with E-state index in [2.05, 4.69) is 20.2 Å². The van der Waals surface area contributed by atoms with Crippen molar-refractivity contribution in [3.63, 3.8) is 0 Å². The molecule has 2 aromatic rings. The van der Waals surface area contributed by atoms with E-state index in [9.17, 15) is 0 Å². The van der Waals surface area contributed by atoms with Crippen LogP contribution >= 0.6 is 23.1 Å². The predicted molar refractivity (Wildman–Crippen MR) is 58.7 cm³/mol. The molecule has 5 nitrogen and oxygen atoms in total. The molecule has 0 aromatic carbocycles. The van der Waals surface area contributed by atoms with Gasteiger partial charge in [-0.1, -0.05) is 11.3 Å². The Labute approximate surface area is 95.2 Å². The summed E-state index contributed by atoms with van der Waals surface area (Å²) in [7, 11) is 0. The number of aryl methyl sites for hydroxylation is 1. The van der Waals surface area contributed by atoms with Crippen LogP contribution in [-0.2, 0) is 6.54 Å². The Kier molecular flexibility index (Phi) is 3.24. The Balaban J connectivity index is 2.11. The normalized spacial score (nSPS) is 10.5. The van der Waals surface area contributed by atoms with E-state index >= 15 is 0 Å². The van der Waals surface area contributed by atoms with Crippen LogP contribution in [0.3, 0.4) is 0 Å². The van der Waals surface area contributed by atoms with Crippen LogP contribution in [0.2, 0.25) is 0 Å². The molecule has 0 saturated carbocycles. The summed E-state index contributed by atoms with van der Waals surface area (Å²) in [6, 6.07) is 0. The van der Waals surface area contributed by atoms with E-state index in [1.165, 1.54) is 11.8 Å². The van der Waals surface area contributed by atoms with Crippen LogP contribution in [-0.4, -0.2) is 20.2 Å². The van der Waals surface area contributed by atoms with E-state index in [-0.39, 0.29) is 0 Å². The van der Waals surface area contributed by atoms with Gasteiger partial charge in [-0.25, -0.2) is 4.98 Å². The molecule has 0 spiro atoms. The zero-order valence-corrected chi connectivity index (χ0v) is 9.68. The van der Waals surface area contributed by atoms with Crippen LogP contribution in [0.4, 0.5) is 0 Å². The largest absolute Gasteiger partial charge is 0.325 e. The molecule has 0 aliphatic carbocycles. The van der Waals surface area contributed by atoms with E-state index in [1.54, 1.807) is 23.7 Å². The molecule has 0 atom stereocenters. The van der Waals surface area contributed by atoms with Crippen molar-refractivity contribution in [2.75, 3.05) is 0 Å². The highest BCUT2D eigenvalue weighted by molar-refractivity contribution is 8.01. The number of hydrogen-bond donors (Lipinski definition) is 1. The van der Waals surface area contributed by atoms with E-state index in [1.807, 2.05) is 6.92 Å². The quantitative estimate of drug-likeness (QED) is 0.868. The molecule has 2 N–H and O–H groups in total. The summed E-state index contributed by atoms with van der Waals surface area (Å²) in [5.41, 5.74) is 6.21. The summed E-state index contributed by atoms with van der Waals surface area (Å²) in [6.07, 6.45) is 3.37. The van der Waals surface area contributed by atoms with Crippen LogP contribution in [0.25, 0.3) is 0 Å². The molecule has 78 valence electrons. The molecular weight excluding hydrogens is 230 g/mol. The third kappa shape index (κ3) is 2.71. The van der Waals surface area contributed by atoms with Crippen molar-refractivity contribution in [2.24, 2.45) is 5.73 Å². The Morgan fingerprint density at radius 1 is 1.33 bits per heavy atom. The maximum Gasteiger partial charge on any atom is 0.180 e. The minimum Gasteiger partial charge on any atom is -0.325 e. The second-order valence-electron chi connectivity index (χ2n) is 2.74. The van der Waals surface area contributed by atoms with Gasteiger partial charge in [-0.15, -0.1) is 10.2 Å². The van der Waals surface area contributed by atoms with Gasteiger partial charge in [-0.05, 0) is 18.7 Å². The minimum atomic E-state index is 0.413. The standard InChI is InChI=1S/C8H9N5S2/c1-5-12-13-8(14-5)15-7-4-10-6(2-9)3-11-7/h3-4H,2,9H2,1H3. The van der Waals surface area contributed by atoms with Gasteiger partial charge in [0.15, 0.2) is 4.34 Å². The van der Waals surface area contributed by atoms with Crippen molar-refractivity contribution < 1.29 is 0 Å². The number of aromatic nitrogens is 4. The molecule has 0 amide bonds. The molecule has 2 heterocycles. The van der Waals surface area contributed by atoms with E-state index in [0.717, 1.165) is 20.1 Å². The first kappa shape index (κ1) is 10.5. The van der Waals surface area contributed by atoms with Crippen LogP contribution in [0.15, 0.2) is 21.8 Å². The summed E-state index contributed by atoms with van der Waals surface area (Å²) in [5, 5.41) is 9.68. The zero-order chi connectivity index (χ0) is 10.7. The lowest BCUT2D eigenvalue weighted by molar-refractivity contribution is 0.920. The molecule has 15 heavy (non-hydrogen) atoms. The molecule has 2 rings (SSSR count). The topological polar surface area (TPSA) is 77.6 Å². The fourth-order valence-electron chi connectivity index (χ4n) is 0.910. The van der Waals surface area contributed by atoms with Gasteiger partial charge in [0.25, 0.3) is 0 Å². The van der Waals surface area contributed by atoms with Gasteiger partial charge in [0.05, 0.1) is 18.1 Å². The molecule has 0 aliphatic rings. The third-order valence-corrected chi connectivity index (χ3v) is 3.40. The first-order chi connectivity index (χ1) is 7.28.